The van der Waals surface area contributed by atoms with E-state index >= 15 is 0 Å². The number of hydrogen-bond donors (Lipinski definition) is 6. The zero-order valence-corrected chi connectivity index (χ0v) is 24.6. The van der Waals surface area contributed by atoms with Crippen LogP contribution in [0.1, 0.15) is 11.1 Å². The second-order valence-electron chi connectivity index (χ2n) is 11.5. The van der Waals surface area contributed by atoms with Crippen LogP contribution in [-0.4, -0.2) is 130 Å². The lowest BCUT2D eigenvalue weighted by Crippen LogP contribution is -2.60. The Morgan fingerprint density at radius 3 is 2.00 bits per heavy atom. The lowest BCUT2D eigenvalue weighted by molar-refractivity contribution is -0.277. The van der Waals surface area contributed by atoms with E-state index in [2.05, 4.69) is 4.90 Å². The van der Waals surface area contributed by atoms with Gasteiger partial charge < -0.3 is 54.0 Å². The van der Waals surface area contributed by atoms with Gasteiger partial charge in [-0.1, -0.05) is 12.1 Å². The van der Waals surface area contributed by atoms with Crippen molar-refractivity contribution >= 4 is 11.0 Å². The van der Waals surface area contributed by atoms with Gasteiger partial charge in [0.2, 0.25) is 11.7 Å². The fourth-order valence-electron chi connectivity index (χ4n) is 5.93. The lowest BCUT2D eigenvalue weighted by atomic mass is 9.98. The Balaban J connectivity index is 1.33. The molecule has 0 bridgehead atoms. The van der Waals surface area contributed by atoms with E-state index in [4.69, 9.17) is 23.4 Å². The smallest absolute Gasteiger partial charge is 0.229 e. The Bertz CT molecular complexity index is 1530. The maximum absolute atomic E-state index is 14.0. The first-order valence-electron chi connectivity index (χ1n) is 15.0. The van der Waals surface area contributed by atoms with E-state index in [0.717, 1.165) is 0 Å². The molecule has 0 amide bonds. The first-order valence-corrected chi connectivity index (χ1v) is 15.0. The molecule has 0 spiro atoms. The van der Waals surface area contributed by atoms with Gasteiger partial charge in [-0.2, -0.15) is 0 Å². The van der Waals surface area contributed by atoms with Gasteiger partial charge >= 0.3 is 0 Å². The molecule has 6 N–H and O–H groups in total. The minimum atomic E-state index is -1.59. The minimum absolute atomic E-state index is 0.0292. The topological polar surface area (TPSA) is 195 Å². The Hall–Kier alpha value is -3.31. The zero-order chi connectivity index (χ0) is 31.7. The third kappa shape index (κ3) is 6.38. The number of ether oxygens (including phenoxy) is 4. The Morgan fingerprint density at radius 2 is 1.40 bits per heavy atom. The van der Waals surface area contributed by atoms with E-state index < -0.39 is 42.7 Å². The van der Waals surface area contributed by atoms with Gasteiger partial charge in [0.15, 0.2) is 0 Å². The molecule has 3 aliphatic heterocycles. The van der Waals surface area contributed by atoms with Crippen LogP contribution in [0.25, 0.3) is 22.1 Å². The number of aromatic hydroxyl groups is 2. The number of nitrogens with zero attached hydrogens (tertiary/aromatic N) is 2. The summed E-state index contributed by atoms with van der Waals surface area (Å²) >= 11 is 0. The van der Waals surface area contributed by atoms with Gasteiger partial charge in [0.25, 0.3) is 0 Å². The molecule has 0 aliphatic carbocycles. The third-order valence-corrected chi connectivity index (χ3v) is 8.60. The van der Waals surface area contributed by atoms with Crippen LogP contribution in [0.4, 0.5) is 0 Å². The van der Waals surface area contributed by atoms with Crippen molar-refractivity contribution in [2.75, 3.05) is 59.2 Å². The number of aliphatic hydroxyl groups is 4. The first kappa shape index (κ1) is 31.7. The predicted molar refractivity (Wildman–Crippen MR) is 158 cm³/mol. The van der Waals surface area contributed by atoms with E-state index in [0.29, 0.717) is 70.3 Å². The molecule has 3 saturated heterocycles. The molecular formula is C31H38N2O12. The van der Waals surface area contributed by atoms with Crippen molar-refractivity contribution in [3.8, 4) is 28.4 Å². The van der Waals surface area contributed by atoms with Crippen molar-refractivity contribution in [2.45, 2.75) is 43.8 Å². The number of phenolic OH excluding ortho intramolecular Hbond substituents is 2. The summed E-state index contributed by atoms with van der Waals surface area (Å²) in [5, 5.41) is 62.6. The van der Waals surface area contributed by atoms with Gasteiger partial charge in [-0.05, 0) is 17.7 Å². The van der Waals surface area contributed by atoms with E-state index in [1.807, 2.05) is 4.90 Å². The van der Waals surface area contributed by atoms with Gasteiger partial charge in [-0.15, -0.1) is 0 Å². The summed E-state index contributed by atoms with van der Waals surface area (Å²) in [6, 6.07) is 6.20. The van der Waals surface area contributed by atoms with Gasteiger partial charge in [-0.3, -0.25) is 14.6 Å². The summed E-state index contributed by atoms with van der Waals surface area (Å²) in [5.41, 5.74) is 0.905. The van der Waals surface area contributed by atoms with Gasteiger partial charge in [0, 0.05) is 39.3 Å². The van der Waals surface area contributed by atoms with Gasteiger partial charge in [-0.25, -0.2) is 0 Å². The monoisotopic (exact) mass is 630 g/mol. The van der Waals surface area contributed by atoms with Gasteiger partial charge in [0.1, 0.15) is 58.9 Å². The van der Waals surface area contributed by atoms with Crippen molar-refractivity contribution in [1.82, 2.24) is 9.80 Å². The van der Waals surface area contributed by atoms with Crippen LogP contribution in [0.3, 0.4) is 0 Å². The second-order valence-corrected chi connectivity index (χ2v) is 11.5. The van der Waals surface area contributed by atoms with Gasteiger partial charge in [0.05, 0.1) is 49.7 Å². The normalized spacial score (nSPS) is 26.7. The van der Waals surface area contributed by atoms with E-state index in [1.165, 1.54) is 18.4 Å². The average Bonchev–Trinajstić information content (AvgIpc) is 3.06. The largest absolute Gasteiger partial charge is 0.507 e. The van der Waals surface area contributed by atoms with Crippen LogP contribution >= 0.6 is 0 Å². The highest BCUT2D eigenvalue weighted by Crippen LogP contribution is 2.41. The molecule has 2 aromatic carbocycles. The highest BCUT2D eigenvalue weighted by Gasteiger charge is 2.44. The van der Waals surface area contributed by atoms with Crippen LogP contribution in [-0.2, 0) is 27.3 Å². The van der Waals surface area contributed by atoms with Crippen LogP contribution in [0.2, 0.25) is 0 Å². The molecule has 3 aromatic rings. The maximum atomic E-state index is 14.0. The standard InChI is InChI=1S/C31H38N2O12/c34-15-22-27(38)28(39)29(40)31(45-22)44-18-3-1-17(2-4-18)21-16-43-30-20(14-33-7-11-42-12-8-33)24(35)19(25(36)23(30)26(21)37)13-32-5-9-41-10-6-32/h1-4,16,22,27-29,31,34-36,38-40H,5-15H2/t22-,27-,28+,29-,31-/m0/s1. The summed E-state index contributed by atoms with van der Waals surface area (Å²) in [5.74, 6) is -0.219. The highest BCUT2D eigenvalue weighted by atomic mass is 16.7. The Labute approximate surface area is 258 Å². The number of aliphatic hydroxyl groups excluding tert-OH is 4. The van der Waals surface area contributed by atoms with E-state index in [-0.39, 0.29) is 45.9 Å². The number of morpholine rings is 2. The number of fused-ring (bicyclic) bond motifs is 1. The number of hydrogen-bond acceptors (Lipinski definition) is 14. The highest BCUT2D eigenvalue weighted by molar-refractivity contribution is 5.92. The zero-order valence-electron chi connectivity index (χ0n) is 24.6. The summed E-state index contributed by atoms with van der Waals surface area (Å²) in [7, 11) is 0. The molecule has 1 aromatic heterocycles. The van der Waals surface area contributed by atoms with Crippen LogP contribution < -0.4 is 10.2 Å². The molecule has 45 heavy (non-hydrogen) atoms. The molecule has 4 heterocycles. The quantitative estimate of drug-likeness (QED) is 0.190. The van der Waals surface area contributed by atoms with Crippen molar-refractivity contribution in [1.29, 1.82) is 0 Å². The number of benzene rings is 2. The van der Waals surface area contributed by atoms with Crippen LogP contribution in [0.5, 0.6) is 17.2 Å². The van der Waals surface area contributed by atoms with E-state index in [9.17, 15) is 35.4 Å². The molecular weight excluding hydrogens is 592 g/mol. The molecule has 0 radical (unpaired) electrons. The molecule has 6 rings (SSSR count). The first-order chi connectivity index (χ1) is 21.8. The molecule has 14 nitrogen and oxygen atoms in total. The molecule has 3 aliphatic rings. The minimum Gasteiger partial charge on any atom is -0.507 e. The number of rotatable bonds is 8. The van der Waals surface area contributed by atoms with Crippen molar-refractivity contribution in [2.24, 2.45) is 0 Å². The molecule has 0 saturated carbocycles. The molecule has 5 atom stereocenters. The summed E-state index contributed by atoms with van der Waals surface area (Å²) in [4.78, 5) is 18.1. The van der Waals surface area contributed by atoms with E-state index in [1.54, 1.807) is 12.1 Å². The fraction of sp³-hybridized carbons (Fsp3) is 0.516. The molecule has 244 valence electrons. The van der Waals surface area contributed by atoms with Crippen molar-refractivity contribution in [3.63, 3.8) is 0 Å². The summed E-state index contributed by atoms with van der Waals surface area (Å²) in [6.07, 6.45) is -5.87. The number of phenols is 2. The van der Waals surface area contributed by atoms with Crippen molar-refractivity contribution in [3.05, 3.63) is 51.9 Å². The summed E-state index contributed by atoms with van der Waals surface area (Å²) in [6.45, 7) is 4.58. The van der Waals surface area contributed by atoms with Crippen LogP contribution in [0.15, 0.2) is 39.7 Å². The average molecular weight is 631 g/mol. The lowest BCUT2D eigenvalue weighted by Gasteiger charge is -2.39. The molecule has 14 heteroatoms. The van der Waals surface area contributed by atoms with Crippen molar-refractivity contribution < 1.29 is 54.0 Å². The summed E-state index contributed by atoms with van der Waals surface area (Å²) < 4.78 is 28.0. The maximum Gasteiger partial charge on any atom is 0.229 e. The fourth-order valence-corrected chi connectivity index (χ4v) is 5.93. The molecule has 0 unspecified atom stereocenters. The third-order valence-electron chi connectivity index (χ3n) is 8.60. The second kappa shape index (κ2) is 13.6. The molecule has 3 fully saturated rings. The predicted octanol–water partition coefficient (Wildman–Crippen LogP) is -0.286. The Morgan fingerprint density at radius 1 is 0.800 bits per heavy atom. The Kier molecular flexibility index (Phi) is 9.56. The van der Waals surface area contributed by atoms with Crippen LogP contribution in [0, 0.1) is 0 Å². The SMILES string of the molecule is O=c1c(-c2ccc(O[C@H]3O[C@@H](CO)[C@H](O)[C@@H](O)[C@@H]3O)cc2)coc2c(CN3CCOCC3)c(O)c(CN3CCOCC3)c(O)c12.